The molecule has 0 saturated heterocycles. The van der Waals surface area contributed by atoms with Crippen LogP contribution in [0.5, 0.6) is 0 Å². The van der Waals surface area contributed by atoms with Gasteiger partial charge in [-0.2, -0.15) is 0 Å². The first-order chi connectivity index (χ1) is 16.8. The second-order valence-corrected chi connectivity index (χ2v) is 8.58. The van der Waals surface area contributed by atoms with E-state index in [9.17, 15) is 33.9 Å². The van der Waals surface area contributed by atoms with Crippen LogP contribution in [-0.4, -0.2) is 69.9 Å². The van der Waals surface area contributed by atoms with Gasteiger partial charge in [0.05, 0.1) is 12.5 Å². The Morgan fingerprint density at radius 1 is 0.833 bits per heavy atom. The van der Waals surface area contributed by atoms with Crippen molar-refractivity contribution in [2.75, 3.05) is 0 Å². The van der Waals surface area contributed by atoms with Crippen LogP contribution in [0.15, 0.2) is 30.3 Å². The van der Waals surface area contributed by atoms with Crippen molar-refractivity contribution in [2.45, 2.75) is 63.7 Å². The zero-order valence-electron chi connectivity index (χ0n) is 20.1. The molecule has 0 aromatic heterocycles. The lowest BCUT2D eigenvalue weighted by atomic mass is 10.0. The standard InChI is InChI=1S/C23H33N5O8/c1-12(2)19(25)22(34)28-16(11-17(24)29)21(33)27-15(10-13-6-4-3-5-7-13)20(32)26-14(23(35)36)8-9-18(30)31/h3-7,12,14-16,19H,8-11,25H2,1-2H3,(H2,24,29)(H,26,32)(H,27,33)(H,28,34)(H,30,31)(H,35,36). The molecule has 4 unspecified atom stereocenters. The highest BCUT2D eigenvalue weighted by atomic mass is 16.4. The SMILES string of the molecule is CC(C)C(N)C(=O)NC(CC(N)=O)C(=O)NC(Cc1ccccc1)C(=O)NC(CCC(=O)O)C(=O)O. The monoisotopic (exact) mass is 507 g/mol. The molecule has 198 valence electrons. The quantitative estimate of drug-likeness (QED) is 0.146. The van der Waals surface area contributed by atoms with Gasteiger partial charge in [-0.05, 0) is 17.9 Å². The lowest BCUT2D eigenvalue weighted by Gasteiger charge is -2.25. The third kappa shape index (κ3) is 10.5. The van der Waals surface area contributed by atoms with E-state index >= 15 is 0 Å². The molecule has 4 atom stereocenters. The molecular formula is C23H33N5O8. The van der Waals surface area contributed by atoms with E-state index in [-0.39, 0.29) is 18.8 Å². The molecule has 0 spiro atoms. The van der Waals surface area contributed by atoms with Crippen LogP contribution in [0.25, 0.3) is 0 Å². The third-order valence-electron chi connectivity index (χ3n) is 5.24. The van der Waals surface area contributed by atoms with Crippen LogP contribution in [0.2, 0.25) is 0 Å². The summed E-state index contributed by atoms with van der Waals surface area (Å²) in [5, 5.41) is 25.2. The number of nitrogens with two attached hydrogens (primary N) is 2. The zero-order valence-corrected chi connectivity index (χ0v) is 20.1. The molecule has 1 rings (SSSR count). The first-order valence-corrected chi connectivity index (χ1v) is 11.2. The van der Waals surface area contributed by atoms with Crippen LogP contribution >= 0.6 is 0 Å². The van der Waals surface area contributed by atoms with Crippen LogP contribution in [0.4, 0.5) is 0 Å². The fourth-order valence-corrected chi connectivity index (χ4v) is 3.11. The van der Waals surface area contributed by atoms with Crippen molar-refractivity contribution in [3.8, 4) is 0 Å². The molecule has 0 radical (unpaired) electrons. The number of rotatable bonds is 15. The summed E-state index contributed by atoms with van der Waals surface area (Å²) in [7, 11) is 0. The lowest BCUT2D eigenvalue weighted by Crippen LogP contribution is -2.58. The van der Waals surface area contributed by atoms with Gasteiger partial charge in [0.2, 0.25) is 23.6 Å². The van der Waals surface area contributed by atoms with Gasteiger partial charge in [0.15, 0.2) is 0 Å². The van der Waals surface area contributed by atoms with E-state index in [0.29, 0.717) is 5.56 Å². The summed E-state index contributed by atoms with van der Waals surface area (Å²) in [5.41, 5.74) is 11.6. The van der Waals surface area contributed by atoms with Crippen LogP contribution < -0.4 is 27.4 Å². The third-order valence-corrected chi connectivity index (χ3v) is 5.24. The van der Waals surface area contributed by atoms with Gasteiger partial charge in [-0.1, -0.05) is 44.2 Å². The minimum absolute atomic E-state index is 0.0631. The van der Waals surface area contributed by atoms with Gasteiger partial charge < -0.3 is 37.6 Å². The normalized spacial score (nSPS) is 14.1. The zero-order chi connectivity index (χ0) is 27.4. The highest BCUT2D eigenvalue weighted by molar-refractivity contribution is 5.96. The fourth-order valence-electron chi connectivity index (χ4n) is 3.11. The van der Waals surface area contributed by atoms with E-state index in [2.05, 4.69) is 16.0 Å². The lowest BCUT2D eigenvalue weighted by molar-refractivity contribution is -0.143. The molecule has 0 aliphatic heterocycles. The molecule has 4 amide bonds. The first-order valence-electron chi connectivity index (χ1n) is 11.2. The van der Waals surface area contributed by atoms with Gasteiger partial charge in [0.1, 0.15) is 18.1 Å². The Bertz CT molecular complexity index is 953. The van der Waals surface area contributed by atoms with E-state index in [1.165, 1.54) is 0 Å². The van der Waals surface area contributed by atoms with Crippen LogP contribution in [0.1, 0.15) is 38.7 Å². The van der Waals surface area contributed by atoms with Crippen molar-refractivity contribution < 1.29 is 39.0 Å². The van der Waals surface area contributed by atoms with Crippen LogP contribution in [0.3, 0.4) is 0 Å². The summed E-state index contributed by atoms with van der Waals surface area (Å²) in [4.78, 5) is 72.2. The van der Waals surface area contributed by atoms with Gasteiger partial charge in [0.25, 0.3) is 0 Å². The van der Waals surface area contributed by atoms with Crippen molar-refractivity contribution in [1.29, 1.82) is 0 Å². The van der Waals surface area contributed by atoms with Crippen LogP contribution in [0, 0.1) is 5.92 Å². The minimum Gasteiger partial charge on any atom is -0.481 e. The molecule has 0 fully saturated rings. The van der Waals surface area contributed by atoms with Crippen molar-refractivity contribution in [1.82, 2.24) is 16.0 Å². The maximum atomic E-state index is 13.0. The highest BCUT2D eigenvalue weighted by Gasteiger charge is 2.31. The second-order valence-electron chi connectivity index (χ2n) is 8.58. The number of aliphatic carboxylic acids is 2. The Kier molecular flexibility index (Phi) is 12.0. The number of carboxylic acids is 2. The number of benzene rings is 1. The smallest absolute Gasteiger partial charge is 0.326 e. The number of carboxylic acid groups (broad SMARTS) is 2. The van der Waals surface area contributed by atoms with Crippen molar-refractivity contribution in [2.24, 2.45) is 17.4 Å². The number of hydrogen-bond acceptors (Lipinski definition) is 7. The largest absolute Gasteiger partial charge is 0.481 e. The number of nitrogens with one attached hydrogen (secondary N) is 3. The maximum Gasteiger partial charge on any atom is 0.326 e. The molecule has 36 heavy (non-hydrogen) atoms. The summed E-state index contributed by atoms with van der Waals surface area (Å²) < 4.78 is 0. The maximum absolute atomic E-state index is 13.0. The van der Waals surface area contributed by atoms with E-state index < -0.39 is 72.6 Å². The first kappa shape index (κ1) is 30.0. The number of carbonyl (C=O) groups excluding carboxylic acids is 4. The van der Waals surface area contributed by atoms with Gasteiger partial charge >= 0.3 is 11.9 Å². The molecule has 13 heteroatoms. The number of primary amides is 1. The molecule has 0 aliphatic rings. The van der Waals surface area contributed by atoms with Crippen LogP contribution in [-0.2, 0) is 35.2 Å². The predicted octanol–water partition coefficient (Wildman–Crippen LogP) is -1.51. The Morgan fingerprint density at radius 3 is 1.86 bits per heavy atom. The Balaban J connectivity index is 3.14. The molecule has 0 heterocycles. The van der Waals surface area contributed by atoms with Crippen molar-refractivity contribution in [3.05, 3.63) is 35.9 Å². The fraction of sp³-hybridized carbons (Fsp3) is 0.478. The summed E-state index contributed by atoms with van der Waals surface area (Å²) in [6, 6.07) is 3.23. The van der Waals surface area contributed by atoms with Crippen molar-refractivity contribution in [3.63, 3.8) is 0 Å². The van der Waals surface area contributed by atoms with E-state index in [4.69, 9.17) is 16.6 Å². The number of carbonyl (C=O) groups is 6. The summed E-state index contributed by atoms with van der Waals surface area (Å²) in [6.45, 7) is 3.38. The summed E-state index contributed by atoms with van der Waals surface area (Å²) in [5.74, 6) is -6.35. The Morgan fingerprint density at radius 2 is 1.36 bits per heavy atom. The second kappa shape index (κ2) is 14.4. The topological polar surface area (TPSA) is 231 Å². The van der Waals surface area contributed by atoms with E-state index in [1.807, 2.05) is 0 Å². The molecule has 0 bridgehead atoms. The summed E-state index contributed by atoms with van der Waals surface area (Å²) >= 11 is 0. The number of amides is 4. The molecule has 9 N–H and O–H groups in total. The molecule has 1 aromatic rings. The minimum atomic E-state index is -1.52. The van der Waals surface area contributed by atoms with Gasteiger partial charge in [0, 0.05) is 12.8 Å². The van der Waals surface area contributed by atoms with Crippen molar-refractivity contribution >= 4 is 35.6 Å². The number of hydrogen-bond donors (Lipinski definition) is 7. The highest BCUT2D eigenvalue weighted by Crippen LogP contribution is 2.07. The molecule has 1 aromatic carbocycles. The predicted molar refractivity (Wildman–Crippen MR) is 127 cm³/mol. The molecule has 13 nitrogen and oxygen atoms in total. The molecular weight excluding hydrogens is 474 g/mol. The average molecular weight is 508 g/mol. The Labute approximate surface area is 208 Å². The van der Waals surface area contributed by atoms with Gasteiger partial charge in [-0.25, -0.2) is 4.79 Å². The molecule has 0 saturated carbocycles. The average Bonchev–Trinajstić information content (AvgIpc) is 2.79. The Hall–Kier alpha value is -4.00. The van der Waals surface area contributed by atoms with E-state index in [0.717, 1.165) is 0 Å². The van der Waals surface area contributed by atoms with Gasteiger partial charge in [-0.3, -0.25) is 24.0 Å². The van der Waals surface area contributed by atoms with Gasteiger partial charge in [-0.15, -0.1) is 0 Å². The van der Waals surface area contributed by atoms with E-state index in [1.54, 1.807) is 44.2 Å². The summed E-state index contributed by atoms with van der Waals surface area (Å²) in [6.07, 6.45) is -1.52. The molecule has 0 aliphatic carbocycles.